The third kappa shape index (κ3) is 4.48. The molecule has 0 spiro atoms. The normalized spacial score (nSPS) is 10.8. The van der Waals surface area contributed by atoms with Crippen molar-refractivity contribution >= 4 is 16.7 Å². The number of nitrogens with one attached hydrogen (secondary N) is 1. The lowest BCUT2D eigenvalue weighted by molar-refractivity contribution is -0.120. The van der Waals surface area contributed by atoms with Gasteiger partial charge in [-0.2, -0.15) is 0 Å². The summed E-state index contributed by atoms with van der Waals surface area (Å²) in [7, 11) is 0. The zero-order chi connectivity index (χ0) is 17.6. The molecule has 25 heavy (non-hydrogen) atoms. The Hall–Kier alpha value is -2.61. The van der Waals surface area contributed by atoms with Gasteiger partial charge in [-0.1, -0.05) is 66.2 Å². The van der Waals surface area contributed by atoms with Gasteiger partial charge in [-0.15, -0.1) is 0 Å². The van der Waals surface area contributed by atoms with E-state index < -0.39 is 0 Å². The van der Waals surface area contributed by atoms with Gasteiger partial charge >= 0.3 is 0 Å². The molecule has 0 fully saturated rings. The molecule has 0 saturated heterocycles. The Kier molecular flexibility index (Phi) is 5.49. The molecule has 3 aromatic carbocycles. The molecule has 0 saturated carbocycles. The van der Waals surface area contributed by atoms with Crippen molar-refractivity contribution in [2.45, 2.75) is 33.1 Å². The molecule has 1 N–H and O–H groups in total. The molecule has 0 atom stereocenters. The molecule has 0 heterocycles. The number of hydrogen-bond acceptors (Lipinski definition) is 1. The van der Waals surface area contributed by atoms with E-state index in [0.717, 1.165) is 18.4 Å². The van der Waals surface area contributed by atoms with Gasteiger partial charge < -0.3 is 5.32 Å². The van der Waals surface area contributed by atoms with Gasteiger partial charge in [0.15, 0.2) is 0 Å². The number of aryl methyl sites for hydroxylation is 3. The SMILES string of the molecule is Cc1ccc(CC(=O)NCCCc2cccc3ccccc23)c(C)c1. The maximum atomic E-state index is 12.2. The number of hydrogen-bond donors (Lipinski definition) is 1. The molecule has 0 aliphatic carbocycles. The van der Waals surface area contributed by atoms with E-state index >= 15 is 0 Å². The van der Waals surface area contributed by atoms with Crippen LogP contribution in [-0.2, 0) is 17.6 Å². The van der Waals surface area contributed by atoms with Gasteiger partial charge in [0.25, 0.3) is 0 Å². The molecule has 3 aromatic rings. The second-order valence-corrected chi connectivity index (χ2v) is 6.70. The summed E-state index contributed by atoms with van der Waals surface area (Å²) in [4.78, 5) is 12.2. The Labute approximate surface area is 149 Å². The Bertz CT molecular complexity index is 877. The van der Waals surface area contributed by atoms with Crippen LogP contribution in [0.15, 0.2) is 60.7 Å². The first-order valence-electron chi connectivity index (χ1n) is 8.93. The van der Waals surface area contributed by atoms with E-state index in [2.05, 4.69) is 79.8 Å². The molecule has 0 bridgehead atoms. The zero-order valence-corrected chi connectivity index (χ0v) is 15.0. The van der Waals surface area contributed by atoms with Crippen LogP contribution < -0.4 is 5.32 Å². The zero-order valence-electron chi connectivity index (χ0n) is 15.0. The lowest BCUT2D eigenvalue weighted by Gasteiger charge is -2.09. The minimum absolute atomic E-state index is 0.102. The van der Waals surface area contributed by atoms with Gasteiger partial charge in [0, 0.05) is 6.54 Å². The fraction of sp³-hybridized carbons (Fsp3) is 0.261. The lowest BCUT2D eigenvalue weighted by atomic mass is 10.0. The predicted molar refractivity (Wildman–Crippen MR) is 105 cm³/mol. The number of benzene rings is 3. The first-order valence-corrected chi connectivity index (χ1v) is 8.93. The van der Waals surface area contributed by atoms with Crippen LogP contribution in [0.5, 0.6) is 0 Å². The van der Waals surface area contributed by atoms with Crippen molar-refractivity contribution in [2.24, 2.45) is 0 Å². The molecular weight excluding hydrogens is 306 g/mol. The van der Waals surface area contributed by atoms with Crippen molar-refractivity contribution in [2.75, 3.05) is 6.54 Å². The summed E-state index contributed by atoms with van der Waals surface area (Å²) in [5, 5.41) is 5.64. The summed E-state index contributed by atoms with van der Waals surface area (Å²) in [5.41, 5.74) is 4.88. The average Bonchev–Trinajstić information content (AvgIpc) is 2.61. The van der Waals surface area contributed by atoms with E-state index in [4.69, 9.17) is 0 Å². The summed E-state index contributed by atoms with van der Waals surface area (Å²) in [5.74, 6) is 0.102. The molecule has 128 valence electrons. The highest BCUT2D eigenvalue weighted by Gasteiger charge is 2.06. The quantitative estimate of drug-likeness (QED) is 0.649. The van der Waals surface area contributed by atoms with Gasteiger partial charge in [0.1, 0.15) is 0 Å². The van der Waals surface area contributed by atoms with Crippen LogP contribution in [0.3, 0.4) is 0 Å². The number of fused-ring (bicyclic) bond motifs is 1. The van der Waals surface area contributed by atoms with Crippen LogP contribution in [0.2, 0.25) is 0 Å². The van der Waals surface area contributed by atoms with Gasteiger partial charge in [0.05, 0.1) is 6.42 Å². The van der Waals surface area contributed by atoms with Crippen LogP contribution in [0.25, 0.3) is 10.8 Å². The summed E-state index contributed by atoms with van der Waals surface area (Å²) in [6.45, 7) is 4.85. The summed E-state index contributed by atoms with van der Waals surface area (Å²) < 4.78 is 0. The predicted octanol–water partition coefficient (Wildman–Crippen LogP) is 4.75. The van der Waals surface area contributed by atoms with Crippen molar-refractivity contribution in [3.8, 4) is 0 Å². The second-order valence-electron chi connectivity index (χ2n) is 6.70. The van der Waals surface area contributed by atoms with Crippen LogP contribution in [0.1, 0.15) is 28.7 Å². The fourth-order valence-corrected chi connectivity index (χ4v) is 3.30. The molecule has 2 nitrogen and oxygen atoms in total. The minimum atomic E-state index is 0.102. The molecule has 2 heteroatoms. The Morgan fingerprint density at radius 1 is 0.920 bits per heavy atom. The molecule has 1 amide bonds. The summed E-state index contributed by atoms with van der Waals surface area (Å²) in [6, 6.07) is 21.1. The van der Waals surface area contributed by atoms with E-state index in [-0.39, 0.29) is 5.91 Å². The molecule has 0 aliphatic rings. The van der Waals surface area contributed by atoms with Crippen molar-refractivity contribution < 1.29 is 4.79 Å². The average molecular weight is 331 g/mol. The Morgan fingerprint density at radius 2 is 1.72 bits per heavy atom. The standard InChI is InChI=1S/C23H25NO/c1-17-12-13-21(18(2)15-17)16-23(25)24-14-6-10-20-9-5-8-19-7-3-4-11-22(19)20/h3-5,7-9,11-13,15H,6,10,14,16H2,1-2H3,(H,24,25). The molecule has 0 radical (unpaired) electrons. The summed E-state index contributed by atoms with van der Waals surface area (Å²) in [6.07, 6.45) is 2.39. The van der Waals surface area contributed by atoms with Crippen molar-refractivity contribution in [3.63, 3.8) is 0 Å². The van der Waals surface area contributed by atoms with Crippen molar-refractivity contribution in [1.82, 2.24) is 5.32 Å². The van der Waals surface area contributed by atoms with Crippen LogP contribution >= 0.6 is 0 Å². The molecule has 0 aromatic heterocycles. The first kappa shape index (κ1) is 17.2. The van der Waals surface area contributed by atoms with E-state index in [9.17, 15) is 4.79 Å². The van der Waals surface area contributed by atoms with Crippen LogP contribution in [-0.4, -0.2) is 12.5 Å². The highest BCUT2D eigenvalue weighted by Crippen LogP contribution is 2.19. The minimum Gasteiger partial charge on any atom is -0.356 e. The van der Waals surface area contributed by atoms with Gasteiger partial charge in [0.2, 0.25) is 5.91 Å². The highest BCUT2D eigenvalue weighted by molar-refractivity contribution is 5.85. The second kappa shape index (κ2) is 7.98. The smallest absolute Gasteiger partial charge is 0.224 e. The third-order valence-corrected chi connectivity index (χ3v) is 4.67. The Morgan fingerprint density at radius 3 is 2.56 bits per heavy atom. The van der Waals surface area contributed by atoms with E-state index in [1.165, 1.54) is 27.5 Å². The van der Waals surface area contributed by atoms with E-state index in [1.807, 2.05) is 0 Å². The molecule has 0 aliphatic heterocycles. The van der Waals surface area contributed by atoms with Crippen LogP contribution in [0.4, 0.5) is 0 Å². The Balaban J connectivity index is 1.50. The maximum absolute atomic E-state index is 12.2. The lowest BCUT2D eigenvalue weighted by Crippen LogP contribution is -2.26. The van der Waals surface area contributed by atoms with Crippen molar-refractivity contribution in [3.05, 3.63) is 82.9 Å². The first-order chi connectivity index (χ1) is 12.1. The number of carbonyl (C=O) groups is 1. The van der Waals surface area contributed by atoms with Gasteiger partial charge in [-0.3, -0.25) is 4.79 Å². The van der Waals surface area contributed by atoms with Gasteiger partial charge in [-0.25, -0.2) is 0 Å². The van der Waals surface area contributed by atoms with Crippen molar-refractivity contribution in [1.29, 1.82) is 0 Å². The fourth-order valence-electron chi connectivity index (χ4n) is 3.30. The molecule has 0 unspecified atom stereocenters. The number of carbonyl (C=O) groups excluding carboxylic acids is 1. The molecular formula is C23H25NO. The monoisotopic (exact) mass is 331 g/mol. The van der Waals surface area contributed by atoms with Crippen LogP contribution in [0, 0.1) is 13.8 Å². The van der Waals surface area contributed by atoms with E-state index in [1.54, 1.807) is 0 Å². The highest BCUT2D eigenvalue weighted by atomic mass is 16.1. The number of amides is 1. The van der Waals surface area contributed by atoms with Gasteiger partial charge in [-0.05, 0) is 54.2 Å². The number of rotatable bonds is 6. The molecule has 3 rings (SSSR count). The third-order valence-electron chi connectivity index (χ3n) is 4.67. The largest absolute Gasteiger partial charge is 0.356 e. The van der Waals surface area contributed by atoms with E-state index in [0.29, 0.717) is 13.0 Å². The summed E-state index contributed by atoms with van der Waals surface area (Å²) >= 11 is 0. The maximum Gasteiger partial charge on any atom is 0.224 e. The topological polar surface area (TPSA) is 29.1 Å².